The van der Waals surface area contributed by atoms with E-state index in [0.29, 0.717) is 19.6 Å². The maximum atomic E-state index is 12.5. The first-order valence-electron chi connectivity index (χ1n) is 7.39. The zero-order chi connectivity index (χ0) is 15.7. The lowest BCUT2D eigenvalue weighted by molar-refractivity contribution is -0.130. The Morgan fingerprint density at radius 1 is 1.41 bits per heavy atom. The van der Waals surface area contributed by atoms with Gasteiger partial charge in [0.1, 0.15) is 12.4 Å². The van der Waals surface area contributed by atoms with Gasteiger partial charge in [0.25, 0.3) is 0 Å². The summed E-state index contributed by atoms with van der Waals surface area (Å²) in [5, 5.41) is 0. The molecule has 1 amide bonds. The van der Waals surface area contributed by atoms with Crippen LogP contribution in [0.15, 0.2) is 24.3 Å². The highest BCUT2D eigenvalue weighted by atomic mass is 32.2. The van der Waals surface area contributed by atoms with Gasteiger partial charge >= 0.3 is 0 Å². The normalized spacial score (nSPS) is 22.8. The molecular formula is C15H20N2O4S. The van der Waals surface area contributed by atoms with Crippen molar-refractivity contribution in [2.75, 3.05) is 43.1 Å². The first-order chi connectivity index (χ1) is 10.5. The Morgan fingerprint density at radius 3 is 2.91 bits per heavy atom. The monoisotopic (exact) mass is 324 g/mol. The van der Waals surface area contributed by atoms with E-state index in [1.54, 1.807) is 11.9 Å². The maximum Gasteiger partial charge on any atom is 0.242 e. The number of hydrogen-bond acceptors (Lipinski definition) is 5. The maximum absolute atomic E-state index is 12.5. The molecule has 1 aromatic rings. The van der Waals surface area contributed by atoms with E-state index in [-0.39, 0.29) is 30.0 Å². The molecule has 0 aliphatic carbocycles. The van der Waals surface area contributed by atoms with Gasteiger partial charge in [-0.1, -0.05) is 12.1 Å². The number of hydrogen-bond donors (Lipinski definition) is 0. The standard InChI is InChI=1S/C15H20N2O4S/c1-16(12-6-9-22(19,20)11-12)15(18)10-17-7-8-21-14-5-3-2-4-13(14)17/h2-5,12H,6-11H2,1H3/t12-/m0/s1. The van der Waals surface area contributed by atoms with E-state index in [1.807, 2.05) is 29.2 Å². The molecule has 0 aromatic heterocycles. The fourth-order valence-electron chi connectivity index (χ4n) is 2.95. The van der Waals surface area contributed by atoms with E-state index in [9.17, 15) is 13.2 Å². The molecule has 0 radical (unpaired) electrons. The van der Waals surface area contributed by atoms with Crippen LogP contribution in [0.4, 0.5) is 5.69 Å². The second-order valence-corrected chi connectivity index (χ2v) is 8.03. The lowest BCUT2D eigenvalue weighted by Gasteiger charge is -2.33. The summed E-state index contributed by atoms with van der Waals surface area (Å²) in [6.45, 7) is 1.44. The molecule has 0 spiro atoms. The van der Waals surface area contributed by atoms with E-state index in [0.717, 1.165) is 11.4 Å². The van der Waals surface area contributed by atoms with Crippen LogP contribution in [-0.4, -0.2) is 63.5 Å². The van der Waals surface area contributed by atoms with Crippen LogP contribution >= 0.6 is 0 Å². The van der Waals surface area contributed by atoms with Crippen molar-refractivity contribution in [2.45, 2.75) is 12.5 Å². The van der Waals surface area contributed by atoms with Crippen molar-refractivity contribution >= 4 is 21.4 Å². The number of carbonyl (C=O) groups is 1. The highest BCUT2D eigenvalue weighted by Crippen LogP contribution is 2.30. The molecule has 2 heterocycles. The van der Waals surface area contributed by atoms with Crippen molar-refractivity contribution in [3.05, 3.63) is 24.3 Å². The van der Waals surface area contributed by atoms with Crippen LogP contribution in [0, 0.1) is 0 Å². The summed E-state index contributed by atoms with van der Waals surface area (Å²) in [5.74, 6) is 0.983. The van der Waals surface area contributed by atoms with Crippen LogP contribution in [0.25, 0.3) is 0 Å². The van der Waals surface area contributed by atoms with Crippen LogP contribution in [0.5, 0.6) is 5.75 Å². The van der Waals surface area contributed by atoms with Crippen molar-refractivity contribution in [1.29, 1.82) is 0 Å². The molecule has 1 atom stereocenters. The number of carbonyl (C=O) groups excluding carboxylic acids is 1. The van der Waals surface area contributed by atoms with Crippen LogP contribution < -0.4 is 9.64 Å². The molecule has 120 valence electrons. The van der Waals surface area contributed by atoms with E-state index >= 15 is 0 Å². The summed E-state index contributed by atoms with van der Waals surface area (Å²) < 4.78 is 28.7. The number of ether oxygens (including phenoxy) is 1. The van der Waals surface area contributed by atoms with Crippen molar-refractivity contribution in [1.82, 2.24) is 4.90 Å². The van der Waals surface area contributed by atoms with Crippen molar-refractivity contribution < 1.29 is 17.9 Å². The van der Waals surface area contributed by atoms with Crippen molar-refractivity contribution in [3.8, 4) is 5.75 Å². The Balaban J connectivity index is 1.68. The Labute approximate surface area is 130 Å². The van der Waals surface area contributed by atoms with Crippen molar-refractivity contribution in [3.63, 3.8) is 0 Å². The lowest BCUT2D eigenvalue weighted by Crippen LogP contribution is -2.45. The fraction of sp³-hybridized carbons (Fsp3) is 0.533. The van der Waals surface area contributed by atoms with Gasteiger partial charge in [-0.15, -0.1) is 0 Å². The summed E-state index contributed by atoms with van der Waals surface area (Å²) >= 11 is 0. The third-order valence-corrected chi connectivity index (χ3v) is 6.05. The second kappa shape index (κ2) is 5.79. The molecule has 2 aliphatic heterocycles. The van der Waals surface area contributed by atoms with Crippen LogP contribution in [0.1, 0.15) is 6.42 Å². The number of rotatable bonds is 3. The molecule has 0 unspecified atom stereocenters. The van der Waals surface area contributed by atoms with Crippen LogP contribution in [0.3, 0.4) is 0 Å². The number of amides is 1. The predicted octanol–water partition coefficient (Wildman–Crippen LogP) is 0.531. The summed E-state index contributed by atoms with van der Waals surface area (Å²) in [6, 6.07) is 7.44. The summed E-state index contributed by atoms with van der Waals surface area (Å²) in [6.07, 6.45) is 0.532. The second-order valence-electron chi connectivity index (χ2n) is 5.80. The van der Waals surface area contributed by atoms with Gasteiger partial charge in [-0.2, -0.15) is 0 Å². The first-order valence-corrected chi connectivity index (χ1v) is 9.21. The number of anilines is 1. The van der Waals surface area contributed by atoms with Gasteiger partial charge < -0.3 is 14.5 Å². The molecule has 2 aliphatic rings. The van der Waals surface area contributed by atoms with Crippen molar-refractivity contribution in [2.24, 2.45) is 0 Å². The highest BCUT2D eigenvalue weighted by molar-refractivity contribution is 7.91. The van der Waals surface area contributed by atoms with Gasteiger partial charge in [-0.3, -0.25) is 4.79 Å². The number of likely N-dealkylation sites (N-methyl/N-ethyl adjacent to an activating group) is 1. The van der Waals surface area contributed by atoms with Gasteiger partial charge in [0.2, 0.25) is 5.91 Å². The zero-order valence-electron chi connectivity index (χ0n) is 12.6. The Hall–Kier alpha value is -1.76. The molecule has 1 saturated heterocycles. The average Bonchev–Trinajstić information content (AvgIpc) is 2.87. The largest absolute Gasteiger partial charge is 0.490 e. The minimum absolute atomic E-state index is 0.0567. The molecule has 3 rings (SSSR count). The number of fused-ring (bicyclic) bond motifs is 1. The Bertz CT molecular complexity index is 674. The minimum Gasteiger partial charge on any atom is -0.490 e. The van der Waals surface area contributed by atoms with Gasteiger partial charge in [0.05, 0.1) is 30.3 Å². The molecule has 22 heavy (non-hydrogen) atoms. The van der Waals surface area contributed by atoms with Crippen LogP contribution in [0.2, 0.25) is 0 Å². The number of sulfone groups is 1. The quantitative estimate of drug-likeness (QED) is 0.811. The SMILES string of the molecule is CN(C(=O)CN1CCOc2ccccc21)[C@H]1CCS(=O)(=O)C1. The van der Waals surface area contributed by atoms with E-state index < -0.39 is 9.84 Å². The summed E-state index contributed by atoms with van der Waals surface area (Å²) in [4.78, 5) is 16.0. The molecule has 7 heteroatoms. The molecule has 1 fully saturated rings. The predicted molar refractivity (Wildman–Crippen MR) is 84.0 cm³/mol. The van der Waals surface area contributed by atoms with E-state index in [1.165, 1.54) is 0 Å². The van der Waals surface area contributed by atoms with E-state index in [2.05, 4.69) is 0 Å². The van der Waals surface area contributed by atoms with Gasteiger partial charge in [0.15, 0.2) is 9.84 Å². The number of benzene rings is 1. The lowest BCUT2D eigenvalue weighted by atomic mass is 10.2. The van der Waals surface area contributed by atoms with Gasteiger partial charge in [-0.25, -0.2) is 8.42 Å². The third kappa shape index (κ3) is 3.04. The Morgan fingerprint density at radius 2 is 2.18 bits per heavy atom. The smallest absolute Gasteiger partial charge is 0.242 e. The highest BCUT2D eigenvalue weighted by Gasteiger charge is 2.33. The number of para-hydroxylation sites is 2. The topological polar surface area (TPSA) is 66.9 Å². The summed E-state index contributed by atoms with van der Waals surface area (Å²) in [7, 11) is -1.29. The van der Waals surface area contributed by atoms with Crippen LogP contribution in [-0.2, 0) is 14.6 Å². The molecule has 0 bridgehead atoms. The fourth-order valence-corrected chi connectivity index (χ4v) is 4.72. The third-order valence-electron chi connectivity index (χ3n) is 4.30. The zero-order valence-corrected chi connectivity index (χ0v) is 13.4. The summed E-state index contributed by atoms with van der Waals surface area (Å²) in [5.41, 5.74) is 0.912. The van der Waals surface area contributed by atoms with Gasteiger partial charge in [0, 0.05) is 13.1 Å². The number of nitrogens with zero attached hydrogens (tertiary/aromatic N) is 2. The van der Waals surface area contributed by atoms with Gasteiger partial charge in [-0.05, 0) is 18.6 Å². The van der Waals surface area contributed by atoms with E-state index in [4.69, 9.17) is 4.74 Å². The molecular weight excluding hydrogens is 304 g/mol. The molecule has 1 aromatic carbocycles. The Kier molecular flexibility index (Phi) is 3.99. The molecule has 0 N–H and O–H groups in total. The minimum atomic E-state index is -2.98. The molecule has 0 saturated carbocycles. The first kappa shape index (κ1) is 15.1. The average molecular weight is 324 g/mol. The molecule has 6 nitrogen and oxygen atoms in total.